The molecule has 0 unspecified atom stereocenters. The van der Waals surface area contributed by atoms with Gasteiger partial charge in [0.05, 0.1) is 16.8 Å². The van der Waals surface area contributed by atoms with Gasteiger partial charge in [-0.05, 0) is 61.6 Å². The van der Waals surface area contributed by atoms with Crippen molar-refractivity contribution in [3.8, 4) is 11.1 Å². The molecule has 37 heavy (non-hydrogen) atoms. The second-order valence-electron chi connectivity index (χ2n) is 8.88. The standard InChI is InChI=1S/C28H27FN4O4/c1-17(33-30)25(32-27(36)37-18(2)23-5-3-4-6-24(23)29)31-22-13-9-20(10-14-22)19-7-11-21(12-8-19)28(15-16-28)26(34)35/h3-14,18H,15-16,30H2,1-2H3,(H,34,35)(H,31,32,36)/b33-17-/t18-/m1/s1. The molecule has 0 radical (unpaired) electrons. The Hall–Kier alpha value is -4.53. The summed E-state index contributed by atoms with van der Waals surface area (Å²) < 4.78 is 19.3. The van der Waals surface area contributed by atoms with Gasteiger partial charge in [0.2, 0.25) is 0 Å². The number of halogens is 1. The molecule has 1 atom stereocenters. The predicted octanol–water partition coefficient (Wildman–Crippen LogP) is 5.46. The van der Waals surface area contributed by atoms with Gasteiger partial charge in [0, 0.05) is 5.56 Å². The summed E-state index contributed by atoms with van der Waals surface area (Å²) in [5.41, 5.74) is 2.97. The van der Waals surface area contributed by atoms with Crippen molar-refractivity contribution < 1.29 is 23.8 Å². The van der Waals surface area contributed by atoms with E-state index in [9.17, 15) is 19.1 Å². The van der Waals surface area contributed by atoms with Gasteiger partial charge in [0.25, 0.3) is 0 Å². The zero-order valence-corrected chi connectivity index (χ0v) is 20.4. The predicted molar refractivity (Wildman–Crippen MR) is 139 cm³/mol. The normalized spacial score (nSPS) is 15.5. The van der Waals surface area contributed by atoms with Gasteiger partial charge >= 0.3 is 12.1 Å². The van der Waals surface area contributed by atoms with Crippen molar-refractivity contribution in [3.63, 3.8) is 0 Å². The third kappa shape index (κ3) is 5.66. The topological polar surface area (TPSA) is 126 Å². The lowest BCUT2D eigenvalue weighted by molar-refractivity contribution is -0.140. The fourth-order valence-corrected chi connectivity index (χ4v) is 4.01. The van der Waals surface area contributed by atoms with E-state index < -0.39 is 29.4 Å². The first-order chi connectivity index (χ1) is 17.7. The maximum atomic E-state index is 14.0. The summed E-state index contributed by atoms with van der Waals surface area (Å²) in [6.07, 6.45) is -0.338. The van der Waals surface area contributed by atoms with Crippen LogP contribution in [0, 0.1) is 5.82 Å². The minimum absolute atomic E-state index is 0.0914. The summed E-state index contributed by atoms with van der Waals surface area (Å²) in [5.74, 6) is 4.24. The van der Waals surface area contributed by atoms with Gasteiger partial charge in [-0.3, -0.25) is 10.1 Å². The van der Waals surface area contributed by atoms with Crippen molar-refractivity contribution in [2.75, 3.05) is 0 Å². The number of benzene rings is 3. The molecule has 1 amide bonds. The first kappa shape index (κ1) is 25.6. The van der Waals surface area contributed by atoms with Crippen LogP contribution in [0.1, 0.15) is 43.9 Å². The number of aliphatic carboxylic acids is 1. The van der Waals surface area contributed by atoms with E-state index in [1.54, 1.807) is 44.2 Å². The highest BCUT2D eigenvalue weighted by Crippen LogP contribution is 2.48. The van der Waals surface area contributed by atoms with E-state index in [1.165, 1.54) is 6.07 Å². The summed E-state index contributed by atoms with van der Waals surface area (Å²) in [4.78, 5) is 28.5. The zero-order valence-electron chi connectivity index (χ0n) is 20.4. The van der Waals surface area contributed by atoms with Gasteiger partial charge < -0.3 is 15.7 Å². The number of carboxylic acid groups (broad SMARTS) is 1. The minimum Gasteiger partial charge on any atom is -0.481 e. The molecule has 3 aromatic carbocycles. The van der Waals surface area contributed by atoms with E-state index in [-0.39, 0.29) is 17.1 Å². The number of hydrazone groups is 1. The van der Waals surface area contributed by atoms with Gasteiger partial charge in [-0.25, -0.2) is 14.2 Å². The van der Waals surface area contributed by atoms with E-state index in [0.717, 1.165) is 16.7 Å². The molecule has 0 saturated heterocycles. The molecule has 9 heteroatoms. The number of amidine groups is 1. The lowest BCUT2D eigenvalue weighted by Gasteiger charge is -2.15. The Morgan fingerprint density at radius 2 is 1.62 bits per heavy atom. The molecule has 1 fully saturated rings. The van der Waals surface area contributed by atoms with Gasteiger partial charge in [0.1, 0.15) is 11.9 Å². The number of amides is 1. The highest BCUT2D eigenvalue weighted by atomic mass is 19.1. The maximum Gasteiger partial charge on any atom is 0.413 e. The second kappa shape index (κ2) is 10.6. The maximum absolute atomic E-state index is 14.0. The first-order valence-electron chi connectivity index (χ1n) is 11.7. The van der Waals surface area contributed by atoms with E-state index >= 15 is 0 Å². The van der Waals surface area contributed by atoms with E-state index in [0.29, 0.717) is 18.5 Å². The number of aliphatic imine (C=N–C) groups is 1. The van der Waals surface area contributed by atoms with Crippen LogP contribution in [0.3, 0.4) is 0 Å². The van der Waals surface area contributed by atoms with Crippen molar-refractivity contribution in [2.45, 2.75) is 38.2 Å². The molecule has 3 aromatic rings. The number of carbonyl (C=O) groups excluding carboxylic acids is 1. The quantitative estimate of drug-likeness (QED) is 0.171. The number of nitrogens with two attached hydrogens (primary N) is 1. The molecule has 1 aliphatic carbocycles. The molecule has 0 aromatic heterocycles. The lowest BCUT2D eigenvalue weighted by Crippen LogP contribution is -2.36. The fourth-order valence-electron chi connectivity index (χ4n) is 4.01. The van der Waals surface area contributed by atoms with Gasteiger partial charge in [-0.1, -0.05) is 54.6 Å². The van der Waals surface area contributed by atoms with Crippen LogP contribution in [0.15, 0.2) is 82.9 Å². The van der Waals surface area contributed by atoms with Crippen LogP contribution in [0.4, 0.5) is 14.9 Å². The molecule has 4 rings (SSSR count). The Bertz CT molecular complexity index is 1360. The number of rotatable bonds is 7. The summed E-state index contributed by atoms with van der Waals surface area (Å²) in [6, 6.07) is 20.8. The van der Waals surface area contributed by atoms with Crippen molar-refractivity contribution in [2.24, 2.45) is 15.9 Å². The summed E-state index contributed by atoms with van der Waals surface area (Å²) >= 11 is 0. The smallest absolute Gasteiger partial charge is 0.413 e. The SMILES string of the molecule is C/C(=N/N)C(=Nc1ccc(-c2ccc(C3(C(=O)O)CC3)cc2)cc1)NC(=O)O[C@H](C)c1ccccc1F. The highest BCUT2D eigenvalue weighted by molar-refractivity contribution is 6.43. The van der Waals surface area contributed by atoms with Crippen LogP contribution in [0.25, 0.3) is 11.1 Å². The molecule has 0 bridgehead atoms. The first-order valence-corrected chi connectivity index (χ1v) is 11.7. The molecular weight excluding hydrogens is 475 g/mol. The number of nitrogens with one attached hydrogen (secondary N) is 1. The third-order valence-corrected chi connectivity index (χ3v) is 6.42. The highest BCUT2D eigenvalue weighted by Gasteiger charge is 2.51. The molecule has 8 nitrogen and oxygen atoms in total. The summed E-state index contributed by atoms with van der Waals surface area (Å²) in [7, 11) is 0. The van der Waals surface area contributed by atoms with Crippen LogP contribution >= 0.6 is 0 Å². The van der Waals surface area contributed by atoms with E-state index in [1.807, 2.05) is 36.4 Å². The largest absolute Gasteiger partial charge is 0.481 e. The molecule has 1 saturated carbocycles. The van der Waals surface area contributed by atoms with E-state index in [4.69, 9.17) is 10.6 Å². The Morgan fingerprint density at radius 3 is 2.16 bits per heavy atom. The molecule has 0 spiro atoms. The summed E-state index contributed by atoms with van der Waals surface area (Å²) in [5, 5.41) is 15.6. The molecule has 190 valence electrons. The van der Waals surface area contributed by atoms with E-state index in [2.05, 4.69) is 15.4 Å². The Morgan fingerprint density at radius 1 is 1.03 bits per heavy atom. The van der Waals surface area contributed by atoms with Crippen LogP contribution in [0.2, 0.25) is 0 Å². The van der Waals surface area contributed by atoms with Gasteiger partial charge in [0.15, 0.2) is 5.84 Å². The van der Waals surface area contributed by atoms with Crippen molar-refractivity contribution in [1.82, 2.24) is 5.32 Å². The molecule has 1 aliphatic rings. The van der Waals surface area contributed by atoms with Crippen LogP contribution in [-0.4, -0.2) is 28.7 Å². The number of nitrogens with zero attached hydrogens (tertiary/aromatic N) is 2. The average Bonchev–Trinajstić information content (AvgIpc) is 3.71. The van der Waals surface area contributed by atoms with Crippen LogP contribution in [-0.2, 0) is 14.9 Å². The zero-order chi connectivity index (χ0) is 26.6. The number of carbonyl (C=O) groups is 2. The number of ether oxygens (including phenoxy) is 1. The van der Waals surface area contributed by atoms with Crippen molar-refractivity contribution >= 4 is 29.3 Å². The Labute approximate surface area is 213 Å². The third-order valence-electron chi connectivity index (χ3n) is 6.42. The second-order valence-corrected chi connectivity index (χ2v) is 8.88. The number of hydrogen-bond acceptors (Lipinski definition) is 6. The van der Waals surface area contributed by atoms with Gasteiger partial charge in [-0.15, -0.1) is 0 Å². The Balaban J connectivity index is 1.47. The Kier molecular flexibility index (Phi) is 7.33. The molecular formula is C28H27FN4O4. The minimum atomic E-state index is -0.830. The monoisotopic (exact) mass is 502 g/mol. The lowest BCUT2D eigenvalue weighted by atomic mass is 9.94. The average molecular weight is 503 g/mol. The fraction of sp³-hybridized carbons (Fsp3) is 0.214. The summed E-state index contributed by atoms with van der Waals surface area (Å²) in [6.45, 7) is 3.15. The number of hydrogen-bond donors (Lipinski definition) is 3. The molecule has 0 aliphatic heterocycles. The molecule has 0 heterocycles. The number of carboxylic acids is 1. The molecule has 4 N–H and O–H groups in total. The number of alkyl carbamates (subject to hydrolysis) is 1. The van der Waals surface area contributed by atoms with Crippen LogP contribution < -0.4 is 11.2 Å². The van der Waals surface area contributed by atoms with Crippen LogP contribution in [0.5, 0.6) is 0 Å². The van der Waals surface area contributed by atoms with Gasteiger partial charge in [-0.2, -0.15) is 5.10 Å². The van der Waals surface area contributed by atoms with Crippen molar-refractivity contribution in [1.29, 1.82) is 0 Å². The van der Waals surface area contributed by atoms with Crippen molar-refractivity contribution in [3.05, 3.63) is 89.7 Å².